The number of carbonyl (C=O) groups is 2. The van der Waals surface area contributed by atoms with Crippen molar-refractivity contribution in [3.05, 3.63) is 46.8 Å². The molecule has 1 saturated heterocycles. The zero-order valence-electron chi connectivity index (χ0n) is 21.5. The predicted molar refractivity (Wildman–Crippen MR) is 138 cm³/mol. The number of fused-ring (bicyclic) bond motifs is 1. The number of aryl methyl sites for hydroxylation is 2. The molecule has 0 spiro atoms. The summed E-state index contributed by atoms with van der Waals surface area (Å²) in [4.78, 5) is 33.2. The molecule has 8 rings (SSSR count). The van der Waals surface area contributed by atoms with Crippen LogP contribution in [0.25, 0.3) is 0 Å². The van der Waals surface area contributed by atoms with Gasteiger partial charge in [-0.2, -0.15) is 5.10 Å². The van der Waals surface area contributed by atoms with Crippen molar-refractivity contribution < 1.29 is 9.59 Å². The minimum atomic E-state index is -0.175. The van der Waals surface area contributed by atoms with Gasteiger partial charge in [0.25, 0.3) is 11.8 Å². The highest BCUT2D eigenvalue weighted by molar-refractivity contribution is 6.23. The van der Waals surface area contributed by atoms with E-state index in [1.807, 2.05) is 42.8 Å². The number of rotatable bonds is 5. The topological polar surface area (TPSA) is 61.7 Å². The van der Waals surface area contributed by atoms with Gasteiger partial charge < -0.3 is 4.90 Å². The standard InChI is InChI=1S/C29H37N5O2/c1-18-12-19(2)34(30-18)11-10-33-28(35)24-4-3-5-25(26(24)29(33)36)31-6-8-32(9-7-31)27-22-14-20-13-21(16-22)17-23(27)15-20/h3-5,12,20-23,27H,6-11,13-17H2,1-2H3. The predicted octanol–water partition coefficient (Wildman–Crippen LogP) is 3.74. The van der Waals surface area contributed by atoms with Crippen LogP contribution in [0.2, 0.25) is 0 Å². The van der Waals surface area contributed by atoms with Crippen LogP contribution in [0.5, 0.6) is 0 Å². The fourth-order valence-electron chi connectivity index (χ4n) is 8.63. The quantitative estimate of drug-likeness (QED) is 0.602. The van der Waals surface area contributed by atoms with Gasteiger partial charge in [0.15, 0.2) is 0 Å². The third-order valence-corrected chi connectivity index (χ3v) is 9.87. The van der Waals surface area contributed by atoms with E-state index >= 15 is 0 Å². The van der Waals surface area contributed by atoms with Crippen LogP contribution >= 0.6 is 0 Å². The van der Waals surface area contributed by atoms with E-state index in [1.165, 1.54) is 37.0 Å². The monoisotopic (exact) mass is 487 g/mol. The molecule has 2 aliphatic heterocycles. The van der Waals surface area contributed by atoms with Gasteiger partial charge in [-0.05, 0) is 87.8 Å². The summed E-state index contributed by atoms with van der Waals surface area (Å²) in [5, 5.41) is 4.49. The van der Waals surface area contributed by atoms with Crippen LogP contribution < -0.4 is 4.90 Å². The molecule has 0 unspecified atom stereocenters. The van der Waals surface area contributed by atoms with Gasteiger partial charge in [-0.3, -0.25) is 24.1 Å². The van der Waals surface area contributed by atoms with Gasteiger partial charge in [0.2, 0.25) is 0 Å². The van der Waals surface area contributed by atoms with Crippen molar-refractivity contribution in [2.75, 3.05) is 37.6 Å². The zero-order valence-corrected chi connectivity index (χ0v) is 21.5. The summed E-state index contributed by atoms with van der Waals surface area (Å²) in [7, 11) is 0. The molecule has 0 N–H and O–H groups in total. The fourth-order valence-corrected chi connectivity index (χ4v) is 8.63. The molecule has 190 valence electrons. The Bertz CT molecular complexity index is 1180. The highest BCUT2D eigenvalue weighted by Gasteiger charge is 2.50. The number of amides is 2. The largest absolute Gasteiger partial charge is 0.368 e. The molecule has 0 atom stereocenters. The SMILES string of the molecule is Cc1cc(C)n(CCN2C(=O)c3cccc(N4CCN(C5C6CC7CC(C6)CC5C7)CC4)c3C2=O)n1. The van der Waals surface area contributed by atoms with Crippen molar-refractivity contribution in [1.29, 1.82) is 0 Å². The minimum absolute atomic E-state index is 0.157. The molecule has 2 aromatic rings. The van der Waals surface area contributed by atoms with Crippen LogP contribution in [0.1, 0.15) is 64.2 Å². The van der Waals surface area contributed by atoms with Crippen molar-refractivity contribution in [2.24, 2.45) is 23.7 Å². The number of anilines is 1. The number of hydrogen-bond donors (Lipinski definition) is 0. The summed E-state index contributed by atoms with van der Waals surface area (Å²) in [6.45, 7) is 8.78. The first kappa shape index (κ1) is 22.5. The molecule has 0 radical (unpaired) electrons. The number of imide groups is 1. The van der Waals surface area contributed by atoms with Gasteiger partial charge in [-0.15, -0.1) is 0 Å². The normalized spacial score (nSPS) is 31.6. The first-order valence-electron chi connectivity index (χ1n) is 14.0. The summed E-state index contributed by atoms with van der Waals surface area (Å²) in [5.74, 6) is 3.49. The number of benzene rings is 1. The molecular formula is C29H37N5O2. The number of carbonyl (C=O) groups excluding carboxylic acids is 2. The molecule has 4 saturated carbocycles. The van der Waals surface area contributed by atoms with Gasteiger partial charge in [-0.25, -0.2) is 0 Å². The van der Waals surface area contributed by atoms with Crippen LogP contribution in [-0.4, -0.2) is 70.2 Å². The third-order valence-electron chi connectivity index (χ3n) is 9.87. The summed E-state index contributed by atoms with van der Waals surface area (Å²) in [5.41, 5.74) is 4.07. The highest BCUT2D eigenvalue weighted by atomic mass is 16.2. The Labute approximate surface area is 213 Å². The second kappa shape index (κ2) is 8.44. The summed E-state index contributed by atoms with van der Waals surface area (Å²) in [6, 6.07) is 8.58. The lowest BCUT2D eigenvalue weighted by atomic mass is 9.54. The summed E-state index contributed by atoms with van der Waals surface area (Å²) < 4.78 is 1.88. The first-order chi connectivity index (χ1) is 17.5. The van der Waals surface area contributed by atoms with Crippen molar-refractivity contribution >= 4 is 17.5 Å². The Morgan fingerprint density at radius 3 is 2.19 bits per heavy atom. The van der Waals surface area contributed by atoms with E-state index in [0.29, 0.717) is 24.2 Å². The van der Waals surface area contributed by atoms with E-state index in [2.05, 4.69) is 14.9 Å². The van der Waals surface area contributed by atoms with Crippen molar-refractivity contribution in [1.82, 2.24) is 19.6 Å². The maximum atomic E-state index is 13.5. The van der Waals surface area contributed by atoms with Gasteiger partial charge in [0, 0.05) is 44.5 Å². The smallest absolute Gasteiger partial charge is 0.263 e. The molecule has 4 bridgehead atoms. The minimum Gasteiger partial charge on any atom is -0.368 e. The maximum Gasteiger partial charge on any atom is 0.263 e. The van der Waals surface area contributed by atoms with E-state index in [0.717, 1.165) is 73.0 Å². The fraction of sp³-hybridized carbons (Fsp3) is 0.621. The molecule has 5 fully saturated rings. The van der Waals surface area contributed by atoms with E-state index in [9.17, 15) is 9.59 Å². The van der Waals surface area contributed by atoms with Gasteiger partial charge in [-0.1, -0.05) is 6.07 Å². The van der Waals surface area contributed by atoms with E-state index in [4.69, 9.17) is 0 Å². The average Bonchev–Trinajstić information content (AvgIpc) is 3.31. The van der Waals surface area contributed by atoms with Crippen LogP contribution in [-0.2, 0) is 6.54 Å². The lowest BCUT2D eigenvalue weighted by Crippen LogP contribution is -2.60. The third kappa shape index (κ3) is 3.53. The summed E-state index contributed by atoms with van der Waals surface area (Å²) in [6.07, 6.45) is 7.31. The zero-order chi connectivity index (χ0) is 24.6. The van der Waals surface area contributed by atoms with Gasteiger partial charge >= 0.3 is 0 Å². The van der Waals surface area contributed by atoms with E-state index < -0.39 is 0 Å². The average molecular weight is 488 g/mol. The maximum absolute atomic E-state index is 13.5. The van der Waals surface area contributed by atoms with Crippen molar-refractivity contribution in [3.63, 3.8) is 0 Å². The second-order valence-electron chi connectivity index (χ2n) is 12.1. The number of hydrogen-bond acceptors (Lipinski definition) is 5. The van der Waals surface area contributed by atoms with Crippen LogP contribution in [0.4, 0.5) is 5.69 Å². The molecule has 6 aliphatic rings. The molecule has 3 heterocycles. The first-order valence-corrected chi connectivity index (χ1v) is 14.0. The Balaban J connectivity index is 1.05. The Morgan fingerprint density at radius 1 is 0.861 bits per heavy atom. The molecule has 1 aromatic heterocycles. The van der Waals surface area contributed by atoms with Crippen LogP contribution in [0.15, 0.2) is 24.3 Å². The second-order valence-corrected chi connectivity index (χ2v) is 12.1. The molecule has 7 heteroatoms. The molecule has 1 aromatic carbocycles. The van der Waals surface area contributed by atoms with Gasteiger partial charge in [0.1, 0.15) is 0 Å². The molecule has 7 nitrogen and oxygen atoms in total. The molecule has 36 heavy (non-hydrogen) atoms. The lowest BCUT2D eigenvalue weighted by molar-refractivity contribution is -0.0665. The number of nitrogens with zero attached hydrogens (tertiary/aromatic N) is 5. The van der Waals surface area contributed by atoms with E-state index in [1.54, 1.807) is 0 Å². The van der Waals surface area contributed by atoms with Crippen LogP contribution in [0, 0.1) is 37.5 Å². The highest BCUT2D eigenvalue weighted by Crippen LogP contribution is 2.55. The summed E-state index contributed by atoms with van der Waals surface area (Å²) >= 11 is 0. The molecular weight excluding hydrogens is 450 g/mol. The van der Waals surface area contributed by atoms with Gasteiger partial charge in [0.05, 0.1) is 29.1 Å². The molecule has 2 amide bonds. The lowest BCUT2D eigenvalue weighted by Gasteiger charge is -2.58. The van der Waals surface area contributed by atoms with Crippen molar-refractivity contribution in [2.45, 2.75) is 58.5 Å². The molecule has 4 aliphatic carbocycles. The number of piperazine rings is 1. The van der Waals surface area contributed by atoms with Crippen LogP contribution in [0.3, 0.4) is 0 Å². The Hall–Kier alpha value is -2.67. The van der Waals surface area contributed by atoms with Crippen molar-refractivity contribution in [3.8, 4) is 0 Å². The Kier molecular flexibility index (Phi) is 5.28. The van der Waals surface area contributed by atoms with E-state index in [-0.39, 0.29) is 11.8 Å². The Morgan fingerprint density at radius 2 is 1.56 bits per heavy atom. The number of aromatic nitrogens is 2.